The zero-order valence-electron chi connectivity index (χ0n) is 17.8. The molecule has 0 amide bonds. The van der Waals surface area contributed by atoms with E-state index >= 15 is 0 Å². The van der Waals surface area contributed by atoms with Crippen molar-refractivity contribution in [1.29, 1.82) is 0 Å². The predicted octanol–water partition coefficient (Wildman–Crippen LogP) is 4.65. The van der Waals surface area contributed by atoms with Crippen molar-refractivity contribution >= 4 is 17.0 Å². The molecule has 1 fully saturated rings. The standard InChI is InChI=1S/C25H27N5/c1-18-8-9-20(3)23(16-18)28-12-14-29(15-13-28)25-24-17-22(27-30(24)11-10-26-25)21-7-5-4-6-19(21)2/h4-11,16-17H,12-15H2,1-3H3. The Balaban J connectivity index is 1.42. The van der Waals surface area contributed by atoms with Gasteiger partial charge in [-0.05, 0) is 49.6 Å². The van der Waals surface area contributed by atoms with Crippen LogP contribution in [-0.2, 0) is 0 Å². The van der Waals surface area contributed by atoms with Gasteiger partial charge in [-0.2, -0.15) is 5.10 Å². The highest BCUT2D eigenvalue weighted by molar-refractivity contribution is 5.76. The Morgan fingerprint density at radius 3 is 2.37 bits per heavy atom. The summed E-state index contributed by atoms with van der Waals surface area (Å²) in [5.41, 5.74) is 8.48. The Labute approximate surface area is 177 Å². The smallest absolute Gasteiger partial charge is 0.154 e. The van der Waals surface area contributed by atoms with Crippen molar-refractivity contribution in [2.45, 2.75) is 20.8 Å². The van der Waals surface area contributed by atoms with Gasteiger partial charge in [-0.1, -0.05) is 36.4 Å². The van der Waals surface area contributed by atoms with E-state index < -0.39 is 0 Å². The quantitative estimate of drug-likeness (QED) is 0.504. The first-order valence-corrected chi connectivity index (χ1v) is 10.6. The fourth-order valence-electron chi connectivity index (χ4n) is 4.36. The molecule has 0 saturated carbocycles. The second-order valence-electron chi connectivity index (χ2n) is 8.19. The Bertz CT molecular complexity index is 1200. The second-order valence-corrected chi connectivity index (χ2v) is 8.19. The molecular formula is C25H27N5. The summed E-state index contributed by atoms with van der Waals surface area (Å²) in [6.07, 6.45) is 3.79. The van der Waals surface area contributed by atoms with Crippen LogP contribution in [-0.4, -0.2) is 40.8 Å². The van der Waals surface area contributed by atoms with Crippen molar-refractivity contribution in [2.24, 2.45) is 0 Å². The molecule has 1 saturated heterocycles. The maximum atomic E-state index is 4.82. The molecule has 0 unspecified atom stereocenters. The topological polar surface area (TPSA) is 36.7 Å². The van der Waals surface area contributed by atoms with Crippen molar-refractivity contribution in [2.75, 3.05) is 36.0 Å². The molecule has 0 aliphatic carbocycles. The maximum absolute atomic E-state index is 4.82. The third kappa shape index (κ3) is 3.30. The van der Waals surface area contributed by atoms with E-state index in [2.05, 4.69) is 79.1 Å². The minimum atomic E-state index is 0.949. The number of anilines is 2. The molecule has 0 atom stereocenters. The lowest BCUT2D eigenvalue weighted by Gasteiger charge is -2.37. The third-order valence-electron chi connectivity index (χ3n) is 6.08. The number of nitrogens with zero attached hydrogens (tertiary/aromatic N) is 5. The van der Waals surface area contributed by atoms with Crippen molar-refractivity contribution in [3.63, 3.8) is 0 Å². The lowest BCUT2D eigenvalue weighted by Crippen LogP contribution is -2.47. The number of benzene rings is 2. The lowest BCUT2D eigenvalue weighted by atomic mass is 10.1. The number of hydrogen-bond acceptors (Lipinski definition) is 4. The van der Waals surface area contributed by atoms with Crippen LogP contribution in [0.1, 0.15) is 16.7 Å². The van der Waals surface area contributed by atoms with E-state index in [9.17, 15) is 0 Å². The number of rotatable bonds is 3. The summed E-state index contributed by atoms with van der Waals surface area (Å²) in [7, 11) is 0. The van der Waals surface area contributed by atoms with Crippen molar-refractivity contribution in [3.8, 4) is 11.3 Å². The van der Waals surface area contributed by atoms with Crippen molar-refractivity contribution in [3.05, 3.63) is 77.6 Å². The molecule has 30 heavy (non-hydrogen) atoms. The van der Waals surface area contributed by atoms with E-state index in [1.54, 1.807) is 0 Å². The van der Waals surface area contributed by atoms with Crippen molar-refractivity contribution in [1.82, 2.24) is 14.6 Å². The van der Waals surface area contributed by atoms with Crippen LogP contribution in [0.3, 0.4) is 0 Å². The van der Waals surface area contributed by atoms with Crippen LogP contribution in [0.4, 0.5) is 11.5 Å². The number of fused-ring (bicyclic) bond motifs is 1. The molecule has 0 bridgehead atoms. The summed E-state index contributed by atoms with van der Waals surface area (Å²) in [5.74, 6) is 1.02. The van der Waals surface area contributed by atoms with Gasteiger partial charge in [-0.3, -0.25) is 0 Å². The summed E-state index contributed by atoms with van der Waals surface area (Å²) < 4.78 is 1.96. The zero-order chi connectivity index (χ0) is 20.7. The Morgan fingerprint density at radius 1 is 0.800 bits per heavy atom. The summed E-state index contributed by atoms with van der Waals surface area (Å²) in [6.45, 7) is 10.4. The first-order chi connectivity index (χ1) is 14.6. The minimum absolute atomic E-state index is 0.949. The van der Waals surface area contributed by atoms with Gasteiger partial charge in [0.05, 0.1) is 5.69 Å². The first-order valence-electron chi connectivity index (χ1n) is 10.6. The maximum Gasteiger partial charge on any atom is 0.154 e. The van der Waals surface area contributed by atoms with E-state index in [4.69, 9.17) is 10.1 Å². The molecule has 2 aromatic heterocycles. The number of aryl methyl sites for hydroxylation is 3. The molecule has 3 heterocycles. The Hall–Kier alpha value is -3.34. The highest BCUT2D eigenvalue weighted by Gasteiger charge is 2.22. The van der Waals surface area contributed by atoms with E-state index in [0.29, 0.717) is 0 Å². The largest absolute Gasteiger partial charge is 0.368 e. The van der Waals surface area contributed by atoms with Gasteiger partial charge in [0.1, 0.15) is 5.52 Å². The van der Waals surface area contributed by atoms with Crippen LogP contribution in [0.5, 0.6) is 0 Å². The minimum Gasteiger partial charge on any atom is -0.368 e. The van der Waals surface area contributed by atoms with Crippen molar-refractivity contribution < 1.29 is 0 Å². The average molecular weight is 398 g/mol. The Morgan fingerprint density at radius 2 is 1.57 bits per heavy atom. The van der Waals surface area contributed by atoms with Crippen LogP contribution in [0.15, 0.2) is 60.9 Å². The van der Waals surface area contributed by atoms with Crippen LogP contribution in [0.2, 0.25) is 0 Å². The molecule has 1 aliphatic rings. The molecule has 5 heteroatoms. The van der Waals surface area contributed by atoms with Crippen LogP contribution < -0.4 is 9.80 Å². The summed E-state index contributed by atoms with van der Waals surface area (Å²) in [6, 6.07) is 17.3. The van der Waals surface area contributed by atoms with Gasteiger partial charge in [0.15, 0.2) is 5.82 Å². The average Bonchev–Trinajstić information content (AvgIpc) is 3.20. The molecule has 2 aromatic carbocycles. The Kier molecular flexibility index (Phi) is 4.66. The van der Waals surface area contributed by atoms with Gasteiger partial charge in [-0.15, -0.1) is 0 Å². The molecule has 0 radical (unpaired) electrons. The number of aromatic nitrogens is 3. The molecule has 0 spiro atoms. The third-order valence-corrected chi connectivity index (χ3v) is 6.08. The van der Waals surface area contributed by atoms with Crippen LogP contribution >= 0.6 is 0 Å². The van der Waals surface area contributed by atoms with Crippen LogP contribution in [0.25, 0.3) is 16.8 Å². The van der Waals surface area contributed by atoms with E-state index in [0.717, 1.165) is 43.2 Å². The molecule has 5 nitrogen and oxygen atoms in total. The molecular weight excluding hydrogens is 370 g/mol. The highest BCUT2D eigenvalue weighted by atomic mass is 15.3. The van der Waals surface area contributed by atoms with Gasteiger partial charge in [-0.25, -0.2) is 9.50 Å². The number of piperazine rings is 1. The van der Waals surface area contributed by atoms with E-state index in [-0.39, 0.29) is 0 Å². The molecule has 0 N–H and O–H groups in total. The van der Waals surface area contributed by atoms with Gasteiger partial charge in [0.2, 0.25) is 0 Å². The summed E-state index contributed by atoms with van der Waals surface area (Å²) >= 11 is 0. The summed E-state index contributed by atoms with van der Waals surface area (Å²) in [5, 5.41) is 4.82. The zero-order valence-corrected chi connectivity index (χ0v) is 17.8. The highest BCUT2D eigenvalue weighted by Crippen LogP contribution is 2.29. The summed E-state index contributed by atoms with van der Waals surface area (Å²) in [4.78, 5) is 9.62. The molecule has 4 aromatic rings. The van der Waals surface area contributed by atoms with Gasteiger partial charge < -0.3 is 9.80 Å². The van der Waals surface area contributed by atoms with Gasteiger partial charge >= 0.3 is 0 Å². The van der Waals surface area contributed by atoms with Gasteiger partial charge in [0, 0.05) is 49.8 Å². The van der Waals surface area contributed by atoms with Gasteiger partial charge in [0.25, 0.3) is 0 Å². The first kappa shape index (κ1) is 18.7. The fraction of sp³-hybridized carbons (Fsp3) is 0.280. The monoisotopic (exact) mass is 397 g/mol. The van der Waals surface area contributed by atoms with E-state index in [1.165, 1.54) is 27.9 Å². The molecule has 1 aliphatic heterocycles. The lowest BCUT2D eigenvalue weighted by molar-refractivity contribution is 0.646. The SMILES string of the molecule is Cc1ccc(C)c(N2CCN(c3nccn4nc(-c5ccccc5C)cc34)CC2)c1. The normalized spacial score (nSPS) is 14.5. The second kappa shape index (κ2) is 7.48. The molecule has 5 rings (SSSR count). The fourth-order valence-corrected chi connectivity index (χ4v) is 4.36. The predicted molar refractivity (Wildman–Crippen MR) is 124 cm³/mol. The number of hydrogen-bond donors (Lipinski definition) is 0. The molecule has 152 valence electrons. The van der Waals surface area contributed by atoms with E-state index in [1.807, 2.05) is 16.9 Å². The van der Waals surface area contributed by atoms with Crippen LogP contribution in [0, 0.1) is 20.8 Å².